The van der Waals surface area contributed by atoms with Gasteiger partial charge >= 0.3 is 6.03 Å². The monoisotopic (exact) mass is 459 g/mol. The summed E-state index contributed by atoms with van der Waals surface area (Å²) in [5, 5.41) is 34.5. The fourth-order valence-electron chi connectivity index (χ4n) is 4.70. The van der Waals surface area contributed by atoms with Crippen LogP contribution in [0.3, 0.4) is 0 Å². The molecule has 1 saturated carbocycles. The summed E-state index contributed by atoms with van der Waals surface area (Å²) >= 11 is 0. The van der Waals surface area contributed by atoms with Crippen molar-refractivity contribution in [2.75, 3.05) is 19.0 Å². The number of ether oxygens (including phenoxy) is 2. The molecule has 2 amide bonds. The molecule has 2 aliphatic rings. The molecule has 0 bridgehead atoms. The number of aryl methyl sites for hydroxylation is 1. The van der Waals surface area contributed by atoms with E-state index in [1.807, 2.05) is 18.3 Å². The van der Waals surface area contributed by atoms with Crippen LogP contribution in [0.25, 0.3) is 0 Å². The Hall–Kier alpha value is -2.69. The first-order chi connectivity index (χ1) is 16.0. The zero-order valence-corrected chi connectivity index (χ0v) is 18.9. The van der Waals surface area contributed by atoms with Gasteiger partial charge < -0.3 is 30.3 Å². The number of carbonyl (C=O) groups is 1. The standard InChI is InChI=1S/C23H33N5O5/c1-32-19-7-3-2-6-17(19)24-22(30)25-18-9-8-16(33-20(18)15-29)10-13-28-14-21(26-27-28)23(31)11-4-5-12-23/h2-3,6-7,14,16,18,20,29,31H,4-5,8-13,15H2,1H3,(H2,24,25,30)/t16-,18-,20+/m0/s1. The molecular formula is C23H33N5O5. The van der Waals surface area contributed by atoms with Crippen LogP contribution in [0.2, 0.25) is 0 Å². The lowest BCUT2D eigenvalue weighted by Gasteiger charge is -2.36. The summed E-state index contributed by atoms with van der Waals surface area (Å²) in [6, 6.07) is 6.51. The summed E-state index contributed by atoms with van der Waals surface area (Å²) in [5.41, 5.74) is 0.371. The Morgan fingerprint density at radius 3 is 2.85 bits per heavy atom. The minimum absolute atomic E-state index is 0.0558. The quantitative estimate of drug-likeness (QED) is 0.476. The average Bonchev–Trinajstić information content (AvgIpc) is 3.49. The van der Waals surface area contributed by atoms with Crippen LogP contribution in [-0.2, 0) is 16.9 Å². The first-order valence-corrected chi connectivity index (χ1v) is 11.6. The van der Waals surface area contributed by atoms with Gasteiger partial charge in [0.2, 0.25) is 0 Å². The highest BCUT2D eigenvalue weighted by molar-refractivity contribution is 5.91. The van der Waals surface area contributed by atoms with Crippen LogP contribution in [0.15, 0.2) is 30.5 Å². The van der Waals surface area contributed by atoms with Gasteiger partial charge in [-0.2, -0.15) is 0 Å². The number of aliphatic hydroxyl groups excluding tert-OH is 1. The Kier molecular flexibility index (Phi) is 7.46. The van der Waals surface area contributed by atoms with Crippen LogP contribution < -0.4 is 15.4 Å². The highest BCUT2D eigenvalue weighted by atomic mass is 16.5. The Labute approximate surface area is 193 Å². The summed E-state index contributed by atoms with van der Waals surface area (Å²) < 4.78 is 13.1. The molecule has 4 rings (SSSR count). The fraction of sp³-hybridized carbons (Fsp3) is 0.609. The van der Waals surface area contributed by atoms with E-state index in [-0.39, 0.29) is 24.8 Å². The normalized spacial score (nSPS) is 24.4. The van der Waals surface area contributed by atoms with E-state index in [0.29, 0.717) is 36.5 Å². The lowest BCUT2D eigenvalue weighted by Crippen LogP contribution is -2.52. The Morgan fingerprint density at radius 1 is 1.30 bits per heavy atom. The molecule has 1 aromatic carbocycles. The Bertz CT molecular complexity index is 929. The number of carbonyl (C=O) groups excluding carboxylic acids is 1. The van der Waals surface area contributed by atoms with Crippen molar-refractivity contribution in [1.82, 2.24) is 20.3 Å². The first kappa shape index (κ1) is 23.5. The lowest BCUT2D eigenvalue weighted by molar-refractivity contribution is -0.0905. The van der Waals surface area contributed by atoms with Gasteiger partial charge in [-0.3, -0.25) is 4.68 Å². The van der Waals surface area contributed by atoms with Crippen molar-refractivity contribution in [3.8, 4) is 5.75 Å². The van der Waals surface area contributed by atoms with Gasteiger partial charge in [0.05, 0.1) is 37.7 Å². The van der Waals surface area contributed by atoms with E-state index in [9.17, 15) is 15.0 Å². The number of urea groups is 1. The molecule has 1 aromatic heterocycles. The van der Waals surface area contributed by atoms with Crippen LogP contribution in [0.1, 0.15) is 50.6 Å². The van der Waals surface area contributed by atoms with Crippen LogP contribution in [0, 0.1) is 0 Å². The second-order valence-corrected chi connectivity index (χ2v) is 8.86. The minimum atomic E-state index is -0.842. The maximum Gasteiger partial charge on any atom is 0.319 e. The number of anilines is 1. The average molecular weight is 460 g/mol. The van der Waals surface area contributed by atoms with Gasteiger partial charge in [-0.1, -0.05) is 30.2 Å². The molecule has 2 heterocycles. The molecule has 10 heteroatoms. The number of para-hydroxylation sites is 2. The number of aromatic nitrogens is 3. The minimum Gasteiger partial charge on any atom is -0.495 e. The van der Waals surface area contributed by atoms with Crippen molar-refractivity contribution in [3.63, 3.8) is 0 Å². The number of aliphatic hydroxyl groups is 2. The molecule has 4 N–H and O–H groups in total. The molecule has 1 aliphatic carbocycles. The van der Waals surface area contributed by atoms with E-state index in [0.717, 1.165) is 32.1 Å². The summed E-state index contributed by atoms with van der Waals surface area (Å²) in [7, 11) is 1.55. The lowest BCUT2D eigenvalue weighted by atomic mass is 9.97. The smallest absolute Gasteiger partial charge is 0.319 e. The van der Waals surface area contributed by atoms with Gasteiger partial charge in [-0.05, 0) is 44.2 Å². The first-order valence-electron chi connectivity index (χ1n) is 11.6. The Morgan fingerprint density at radius 2 is 2.09 bits per heavy atom. The number of hydrogen-bond donors (Lipinski definition) is 4. The summed E-state index contributed by atoms with van der Waals surface area (Å²) in [4.78, 5) is 12.5. The third-order valence-electron chi connectivity index (χ3n) is 6.59. The number of nitrogens with zero attached hydrogens (tertiary/aromatic N) is 3. The zero-order chi connectivity index (χ0) is 23.3. The third-order valence-corrected chi connectivity index (χ3v) is 6.59. The van der Waals surface area contributed by atoms with Gasteiger partial charge in [-0.25, -0.2) is 4.79 Å². The van der Waals surface area contributed by atoms with Gasteiger partial charge in [0.25, 0.3) is 0 Å². The van der Waals surface area contributed by atoms with E-state index < -0.39 is 11.7 Å². The Balaban J connectivity index is 1.26. The fourth-order valence-corrected chi connectivity index (χ4v) is 4.70. The number of amides is 2. The molecule has 1 aliphatic heterocycles. The second-order valence-electron chi connectivity index (χ2n) is 8.86. The van der Waals surface area contributed by atoms with E-state index >= 15 is 0 Å². The maximum absolute atomic E-state index is 12.5. The van der Waals surface area contributed by atoms with E-state index in [4.69, 9.17) is 9.47 Å². The highest BCUT2D eigenvalue weighted by Crippen LogP contribution is 2.37. The van der Waals surface area contributed by atoms with Crippen LogP contribution >= 0.6 is 0 Å². The van der Waals surface area contributed by atoms with Crippen molar-refractivity contribution in [1.29, 1.82) is 0 Å². The van der Waals surface area contributed by atoms with Crippen LogP contribution in [0.4, 0.5) is 10.5 Å². The summed E-state index contributed by atoms with van der Waals surface area (Å²) in [5.74, 6) is 0.572. The van der Waals surface area contributed by atoms with Gasteiger partial charge in [0, 0.05) is 6.54 Å². The van der Waals surface area contributed by atoms with E-state index in [2.05, 4.69) is 20.9 Å². The third kappa shape index (κ3) is 5.63. The highest BCUT2D eigenvalue weighted by Gasteiger charge is 2.36. The van der Waals surface area contributed by atoms with E-state index in [1.54, 1.807) is 23.9 Å². The molecule has 0 unspecified atom stereocenters. The molecular weight excluding hydrogens is 426 g/mol. The molecule has 33 heavy (non-hydrogen) atoms. The summed E-state index contributed by atoms with van der Waals surface area (Å²) in [6.07, 6.45) is 6.91. The topological polar surface area (TPSA) is 131 Å². The predicted molar refractivity (Wildman–Crippen MR) is 121 cm³/mol. The summed E-state index contributed by atoms with van der Waals surface area (Å²) in [6.45, 7) is 0.425. The number of nitrogens with one attached hydrogen (secondary N) is 2. The molecule has 2 aromatic rings. The number of rotatable bonds is 8. The van der Waals surface area contributed by atoms with Crippen molar-refractivity contribution in [2.45, 2.75) is 75.3 Å². The van der Waals surface area contributed by atoms with Gasteiger partial charge in [-0.15, -0.1) is 5.10 Å². The molecule has 1 saturated heterocycles. The molecule has 2 fully saturated rings. The number of hydrogen-bond acceptors (Lipinski definition) is 7. The molecule has 180 valence electrons. The van der Waals surface area contributed by atoms with Crippen molar-refractivity contribution in [2.24, 2.45) is 0 Å². The van der Waals surface area contributed by atoms with Crippen LogP contribution in [-0.4, -0.2) is 63.2 Å². The maximum atomic E-state index is 12.5. The predicted octanol–water partition coefficient (Wildman–Crippen LogP) is 2.17. The van der Waals surface area contributed by atoms with Crippen molar-refractivity contribution in [3.05, 3.63) is 36.2 Å². The number of benzene rings is 1. The molecule has 10 nitrogen and oxygen atoms in total. The second kappa shape index (κ2) is 10.5. The van der Waals surface area contributed by atoms with Gasteiger partial charge in [0.1, 0.15) is 23.1 Å². The molecule has 3 atom stereocenters. The largest absolute Gasteiger partial charge is 0.495 e. The zero-order valence-electron chi connectivity index (χ0n) is 18.9. The van der Waals surface area contributed by atoms with E-state index in [1.165, 1.54) is 0 Å². The number of methoxy groups -OCH3 is 1. The molecule has 0 radical (unpaired) electrons. The van der Waals surface area contributed by atoms with Crippen molar-refractivity contribution >= 4 is 11.7 Å². The molecule has 0 spiro atoms. The SMILES string of the molecule is COc1ccccc1NC(=O)N[C@H]1CC[C@@H](CCn2cc(C3(O)CCCC3)nn2)O[C@@H]1CO. The van der Waals surface area contributed by atoms with Crippen molar-refractivity contribution < 1.29 is 24.5 Å². The van der Waals surface area contributed by atoms with Gasteiger partial charge in [0.15, 0.2) is 0 Å². The van der Waals surface area contributed by atoms with Crippen LogP contribution in [0.5, 0.6) is 5.75 Å².